The number of unbranched alkanes of at least 4 members (excludes halogenated alkanes) is 5. The second-order valence-corrected chi connectivity index (χ2v) is 22.5. The molecule has 0 amide bonds. The predicted molar refractivity (Wildman–Crippen MR) is 321 cm³/mol. The Kier molecular flexibility index (Phi) is 22.3. The number of aromatic hydroxyl groups is 2. The lowest BCUT2D eigenvalue weighted by Gasteiger charge is -2.15. The van der Waals surface area contributed by atoms with Gasteiger partial charge in [0.2, 0.25) is 11.8 Å². The summed E-state index contributed by atoms with van der Waals surface area (Å²) in [5.74, 6) is -5.04. The number of aromatic nitrogens is 11. The summed E-state index contributed by atoms with van der Waals surface area (Å²) < 4.78 is 32.3. The average Bonchev–Trinajstić information content (AvgIpc) is 2.17. The van der Waals surface area contributed by atoms with E-state index in [1.807, 2.05) is 46.8 Å². The second kappa shape index (κ2) is 29.9. The number of rotatable bonds is 28. The standard InChI is InChI=1S/C61H73N17O11/c1-12-17-22-85-53(81)37-27-38(54(82)86-23-18-13-2)30-43(29-37)75-49(41(33-62)35-64-75)71-69-45-47(60(6,7)8)73-77(51(45)79)57-66-58(68-59(67-57)89-26-21-16-5)78-52(80)46(48(74-78)61(9,10)11)70-72-50-42(34-63)36-65-76(50)44-31-39(55(83)87-24-19-14-3)28-40(32-44)56(84)88-25-20-15-4/h27-32,35-36,79-80H,12-26H2,1-11H3. The number of benzene rings is 2. The molecule has 0 aliphatic rings. The SMILES string of the molecule is CCCCOC(=O)c1cc(C(=O)OCCCC)cc(-n2ncc(C#N)c2N=Nc2c(C(C)(C)C)nn(-c3nc(OCCCC)nc(-n4nc(C(C)(C)C)c(N=Nc5c(C#N)cnn5-c5cc(C(=O)OCCCC)cc(C(=O)OCCCC)c5)c4O)n3)c2O)c1. The molecule has 468 valence electrons. The molecule has 0 spiro atoms. The van der Waals surface area contributed by atoms with Crippen molar-refractivity contribution in [1.82, 2.24) is 54.1 Å². The molecule has 28 nitrogen and oxygen atoms in total. The van der Waals surface area contributed by atoms with Crippen LogP contribution in [-0.4, -0.2) is 121 Å². The maximum atomic E-state index is 13.4. The summed E-state index contributed by atoms with van der Waals surface area (Å²) in [7, 11) is 0. The van der Waals surface area contributed by atoms with Crippen LogP contribution in [0.5, 0.6) is 17.8 Å². The van der Waals surface area contributed by atoms with E-state index < -0.39 is 46.5 Å². The molecule has 2 aromatic carbocycles. The third-order valence-corrected chi connectivity index (χ3v) is 13.2. The zero-order chi connectivity index (χ0) is 64.6. The molecule has 7 rings (SSSR count). The lowest BCUT2D eigenvalue weighted by molar-refractivity contribution is 0.0479. The molecule has 0 unspecified atom stereocenters. The van der Waals surface area contributed by atoms with E-state index in [0.717, 1.165) is 41.5 Å². The van der Waals surface area contributed by atoms with Gasteiger partial charge in [-0.1, -0.05) is 108 Å². The van der Waals surface area contributed by atoms with E-state index in [1.54, 1.807) is 41.5 Å². The minimum Gasteiger partial charge on any atom is -0.492 e. The molecule has 7 aromatic rings. The Hall–Kier alpha value is -10.3. The summed E-state index contributed by atoms with van der Waals surface area (Å²) in [5, 5.41) is 81.2. The number of nitrogens with zero attached hydrogens (tertiary/aromatic N) is 17. The van der Waals surface area contributed by atoms with E-state index in [9.17, 15) is 39.9 Å². The summed E-state index contributed by atoms with van der Waals surface area (Å²) in [4.78, 5) is 67.1. The largest absolute Gasteiger partial charge is 0.492 e. The maximum absolute atomic E-state index is 13.4. The molecule has 5 heterocycles. The third kappa shape index (κ3) is 16.0. The van der Waals surface area contributed by atoms with Crippen LogP contribution in [0.25, 0.3) is 23.3 Å². The van der Waals surface area contributed by atoms with Crippen LogP contribution in [0.15, 0.2) is 69.2 Å². The molecule has 0 aliphatic carbocycles. The molecule has 0 saturated heterocycles. The van der Waals surface area contributed by atoms with Crippen LogP contribution < -0.4 is 4.74 Å². The molecular weight excluding hydrogens is 1150 g/mol. The number of hydrogen-bond acceptors (Lipinski definition) is 24. The van der Waals surface area contributed by atoms with Crippen LogP contribution >= 0.6 is 0 Å². The highest BCUT2D eigenvalue weighted by molar-refractivity contribution is 5.97. The number of carbonyl (C=O) groups is 4. The van der Waals surface area contributed by atoms with Crippen LogP contribution in [0, 0.1) is 22.7 Å². The summed E-state index contributed by atoms with van der Waals surface area (Å²) in [6.07, 6.45) is 9.33. The second-order valence-electron chi connectivity index (χ2n) is 22.5. The topological polar surface area (TPSA) is 362 Å². The molecule has 0 saturated carbocycles. The first kappa shape index (κ1) is 66.3. The zero-order valence-electron chi connectivity index (χ0n) is 51.9. The maximum Gasteiger partial charge on any atom is 0.338 e. The van der Waals surface area contributed by atoms with Crippen molar-refractivity contribution in [3.05, 3.63) is 93.6 Å². The van der Waals surface area contributed by atoms with Gasteiger partial charge in [0.25, 0.3) is 11.9 Å². The number of azo groups is 2. The van der Waals surface area contributed by atoms with E-state index >= 15 is 0 Å². The van der Waals surface area contributed by atoms with Crippen molar-refractivity contribution in [2.24, 2.45) is 20.5 Å². The fourth-order valence-corrected chi connectivity index (χ4v) is 8.29. The van der Waals surface area contributed by atoms with E-state index in [0.29, 0.717) is 32.1 Å². The lowest BCUT2D eigenvalue weighted by atomic mass is 9.91. The first-order valence-corrected chi connectivity index (χ1v) is 29.4. The molecule has 5 aromatic heterocycles. The van der Waals surface area contributed by atoms with Gasteiger partial charge >= 0.3 is 29.9 Å². The van der Waals surface area contributed by atoms with E-state index in [4.69, 9.17) is 33.9 Å². The van der Waals surface area contributed by atoms with Gasteiger partial charge in [-0.2, -0.15) is 55.2 Å². The van der Waals surface area contributed by atoms with Gasteiger partial charge in [-0.25, -0.2) is 28.5 Å². The van der Waals surface area contributed by atoms with Gasteiger partial charge < -0.3 is 33.9 Å². The third-order valence-electron chi connectivity index (χ3n) is 13.2. The van der Waals surface area contributed by atoms with E-state index in [-0.39, 0.29) is 130 Å². The van der Waals surface area contributed by atoms with Crippen molar-refractivity contribution < 1.29 is 53.1 Å². The van der Waals surface area contributed by atoms with Crippen LogP contribution in [-0.2, 0) is 29.8 Å². The average molecular weight is 1220 g/mol. The van der Waals surface area contributed by atoms with Gasteiger partial charge in [-0.3, -0.25) is 0 Å². The number of hydrogen-bond donors (Lipinski definition) is 2. The molecule has 0 atom stereocenters. The fourth-order valence-electron chi connectivity index (χ4n) is 8.29. The Morgan fingerprint density at radius 1 is 0.483 bits per heavy atom. The van der Waals surface area contributed by atoms with E-state index in [2.05, 4.69) is 45.6 Å². The van der Waals surface area contributed by atoms with Gasteiger partial charge in [0, 0.05) is 10.8 Å². The van der Waals surface area contributed by atoms with Crippen LogP contribution in [0.3, 0.4) is 0 Å². The Bertz CT molecular complexity index is 3530. The van der Waals surface area contributed by atoms with Crippen molar-refractivity contribution in [2.45, 2.75) is 151 Å². The molecular formula is C61H73N17O11. The van der Waals surface area contributed by atoms with Crippen molar-refractivity contribution >= 4 is 46.9 Å². The van der Waals surface area contributed by atoms with E-state index in [1.165, 1.54) is 58.2 Å². The Balaban J connectivity index is 1.34. The van der Waals surface area contributed by atoms with Gasteiger partial charge in [0.15, 0.2) is 23.0 Å². The monoisotopic (exact) mass is 1220 g/mol. The highest BCUT2D eigenvalue weighted by Gasteiger charge is 2.33. The molecule has 0 radical (unpaired) electrons. The van der Waals surface area contributed by atoms with Gasteiger partial charge in [-0.15, -0.1) is 20.5 Å². The predicted octanol–water partition coefficient (Wildman–Crippen LogP) is 12.2. The Morgan fingerprint density at radius 2 is 0.809 bits per heavy atom. The molecule has 2 N–H and O–H groups in total. The molecule has 0 fully saturated rings. The van der Waals surface area contributed by atoms with Crippen molar-refractivity contribution in [2.75, 3.05) is 33.0 Å². The minimum absolute atomic E-state index is 0.0127. The van der Waals surface area contributed by atoms with Crippen LogP contribution in [0.1, 0.15) is 204 Å². The summed E-state index contributed by atoms with van der Waals surface area (Å²) in [5.41, 5.74) is -1.59. The number of esters is 4. The number of nitriles is 2. The molecule has 89 heavy (non-hydrogen) atoms. The van der Waals surface area contributed by atoms with Gasteiger partial charge in [0.05, 0.1) is 90.4 Å². The van der Waals surface area contributed by atoms with Crippen molar-refractivity contribution in [3.8, 4) is 53.2 Å². The number of ether oxygens (including phenoxy) is 5. The quantitative estimate of drug-likeness (QED) is 0.0199. The van der Waals surface area contributed by atoms with Crippen LogP contribution in [0.4, 0.5) is 23.0 Å². The van der Waals surface area contributed by atoms with Gasteiger partial charge in [0.1, 0.15) is 23.3 Å². The lowest BCUT2D eigenvalue weighted by Crippen LogP contribution is -2.16. The molecule has 0 bridgehead atoms. The van der Waals surface area contributed by atoms with Crippen molar-refractivity contribution in [3.63, 3.8) is 0 Å². The first-order chi connectivity index (χ1) is 42.6. The molecule has 0 aliphatic heterocycles. The smallest absolute Gasteiger partial charge is 0.338 e. The van der Waals surface area contributed by atoms with Gasteiger partial charge in [-0.05, 0) is 68.5 Å². The fraction of sp³-hybridized carbons (Fsp3) is 0.459. The highest BCUT2D eigenvalue weighted by atomic mass is 16.5. The Morgan fingerprint density at radius 3 is 1.11 bits per heavy atom. The van der Waals surface area contributed by atoms with Crippen LogP contribution in [0.2, 0.25) is 0 Å². The van der Waals surface area contributed by atoms with Crippen molar-refractivity contribution in [1.29, 1.82) is 10.5 Å². The summed E-state index contributed by atoms with van der Waals surface area (Å²) >= 11 is 0. The zero-order valence-corrected chi connectivity index (χ0v) is 51.9. The number of carbonyl (C=O) groups excluding carboxylic acids is 4. The first-order valence-electron chi connectivity index (χ1n) is 29.4. The Labute approximate surface area is 514 Å². The highest BCUT2D eigenvalue weighted by Crippen LogP contribution is 2.43. The normalized spacial score (nSPS) is 11.7. The molecule has 28 heteroatoms. The summed E-state index contributed by atoms with van der Waals surface area (Å²) in [6.45, 7) is 21.3. The minimum atomic E-state index is -0.876. The summed E-state index contributed by atoms with van der Waals surface area (Å²) in [6, 6.07) is 12.3.